The van der Waals surface area contributed by atoms with Crippen LogP contribution >= 0.6 is 11.3 Å². The zero-order chi connectivity index (χ0) is 22.5. The summed E-state index contributed by atoms with van der Waals surface area (Å²) in [6.45, 7) is -0.196. The number of carboxylic acids is 1. The van der Waals surface area contributed by atoms with Gasteiger partial charge in [-0.3, -0.25) is 14.9 Å². The standard InChI is InChI=1S/C23H21N3O5S/c27-20(24-12-21(28)29)10-9-14-11-25-22(32-14)26-23(30)31-13-19-17-7-3-1-5-15(17)16-6-2-4-8-18(16)19/h1-8,11,19H,9-10,12-13H2,(H,24,27)(H,28,29)(H,25,26,30). The molecule has 4 rings (SSSR count). The Bertz CT molecular complexity index is 1110. The Labute approximate surface area is 188 Å². The quantitative estimate of drug-likeness (QED) is 0.481. The normalized spacial score (nSPS) is 12.0. The van der Waals surface area contributed by atoms with Gasteiger partial charge in [0.1, 0.15) is 13.2 Å². The lowest BCUT2D eigenvalue weighted by atomic mass is 9.98. The zero-order valence-electron chi connectivity index (χ0n) is 17.0. The number of nitrogens with zero attached hydrogens (tertiary/aromatic N) is 1. The van der Waals surface area contributed by atoms with E-state index in [0.717, 1.165) is 27.1 Å². The van der Waals surface area contributed by atoms with Gasteiger partial charge in [-0.2, -0.15) is 0 Å². The van der Waals surface area contributed by atoms with Crippen molar-refractivity contribution in [2.45, 2.75) is 18.8 Å². The van der Waals surface area contributed by atoms with E-state index in [1.165, 1.54) is 11.3 Å². The minimum atomic E-state index is -1.09. The third-order valence-electron chi connectivity index (χ3n) is 5.14. The van der Waals surface area contributed by atoms with Gasteiger partial charge in [0.2, 0.25) is 5.91 Å². The van der Waals surface area contributed by atoms with E-state index in [0.29, 0.717) is 11.6 Å². The molecule has 3 N–H and O–H groups in total. The van der Waals surface area contributed by atoms with E-state index < -0.39 is 18.6 Å². The number of fused-ring (bicyclic) bond motifs is 3. The maximum atomic E-state index is 12.3. The zero-order valence-corrected chi connectivity index (χ0v) is 17.9. The SMILES string of the molecule is O=C(O)CNC(=O)CCc1cnc(NC(=O)OCC2c3ccccc3-c3ccccc32)s1. The van der Waals surface area contributed by atoms with Crippen LogP contribution in [0.4, 0.5) is 9.93 Å². The van der Waals surface area contributed by atoms with Gasteiger partial charge in [0.25, 0.3) is 0 Å². The van der Waals surface area contributed by atoms with E-state index in [-0.39, 0.29) is 24.9 Å². The highest BCUT2D eigenvalue weighted by Gasteiger charge is 2.29. The third kappa shape index (κ3) is 4.94. The van der Waals surface area contributed by atoms with Crippen molar-refractivity contribution >= 4 is 34.4 Å². The number of carbonyl (C=O) groups excluding carboxylic acids is 2. The monoisotopic (exact) mass is 451 g/mol. The van der Waals surface area contributed by atoms with Crippen molar-refractivity contribution in [3.8, 4) is 11.1 Å². The molecule has 0 radical (unpaired) electrons. The first-order valence-corrected chi connectivity index (χ1v) is 10.9. The van der Waals surface area contributed by atoms with Gasteiger partial charge < -0.3 is 15.2 Å². The summed E-state index contributed by atoms with van der Waals surface area (Å²) in [6.07, 6.45) is 1.52. The van der Waals surface area contributed by atoms with Crippen molar-refractivity contribution in [2.75, 3.05) is 18.5 Å². The lowest BCUT2D eigenvalue weighted by Gasteiger charge is -2.14. The number of carboxylic acid groups (broad SMARTS) is 1. The average molecular weight is 452 g/mol. The first-order chi connectivity index (χ1) is 15.5. The second-order valence-corrected chi connectivity index (χ2v) is 8.37. The molecule has 0 spiro atoms. The van der Waals surface area contributed by atoms with Crippen LogP contribution in [0.25, 0.3) is 11.1 Å². The number of nitrogens with one attached hydrogen (secondary N) is 2. The molecule has 3 aromatic rings. The van der Waals surface area contributed by atoms with Crippen molar-refractivity contribution in [1.82, 2.24) is 10.3 Å². The van der Waals surface area contributed by atoms with Crippen LogP contribution in [-0.2, 0) is 20.7 Å². The fourth-order valence-electron chi connectivity index (χ4n) is 3.70. The van der Waals surface area contributed by atoms with Crippen molar-refractivity contribution in [2.24, 2.45) is 0 Å². The summed E-state index contributed by atoms with van der Waals surface area (Å²) < 4.78 is 5.50. The van der Waals surface area contributed by atoms with Crippen LogP contribution in [0.3, 0.4) is 0 Å². The molecule has 0 saturated heterocycles. The van der Waals surface area contributed by atoms with Gasteiger partial charge in [-0.05, 0) is 28.7 Å². The minimum Gasteiger partial charge on any atom is -0.480 e. The van der Waals surface area contributed by atoms with Crippen LogP contribution in [0.5, 0.6) is 0 Å². The minimum absolute atomic E-state index is 0.0238. The highest BCUT2D eigenvalue weighted by Crippen LogP contribution is 2.44. The van der Waals surface area contributed by atoms with Gasteiger partial charge in [0, 0.05) is 23.4 Å². The lowest BCUT2D eigenvalue weighted by Crippen LogP contribution is -2.29. The summed E-state index contributed by atoms with van der Waals surface area (Å²) >= 11 is 1.24. The number of benzene rings is 2. The Balaban J connectivity index is 1.30. The van der Waals surface area contributed by atoms with Crippen molar-refractivity contribution in [1.29, 1.82) is 0 Å². The van der Waals surface area contributed by atoms with Crippen molar-refractivity contribution < 1.29 is 24.2 Å². The largest absolute Gasteiger partial charge is 0.480 e. The number of rotatable bonds is 8. The van der Waals surface area contributed by atoms with Crippen molar-refractivity contribution in [3.05, 3.63) is 70.7 Å². The number of thiazole rings is 1. The molecule has 0 atom stereocenters. The Morgan fingerprint density at radius 1 is 1.03 bits per heavy atom. The number of aromatic nitrogens is 1. The molecule has 0 saturated carbocycles. The molecular weight excluding hydrogens is 430 g/mol. The van der Waals surface area contributed by atoms with E-state index >= 15 is 0 Å². The number of carbonyl (C=O) groups is 3. The van der Waals surface area contributed by atoms with Crippen LogP contribution in [0.15, 0.2) is 54.7 Å². The Morgan fingerprint density at radius 2 is 1.69 bits per heavy atom. The van der Waals surface area contributed by atoms with Gasteiger partial charge in [0.05, 0.1) is 0 Å². The molecule has 0 aliphatic heterocycles. The van der Waals surface area contributed by atoms with E-state index in [1.807, 2.05) is 24.3 Å². The van der Waals surface area contributed by atoms with Crippen LogP contribution in [-0.4, -0.2) is 41.2 Å². The van der Waals surface area contributed by atoms with Gasteiger partial charge in [-0.1, -0.05) is 48.5 Å². The van der Waals surface area contributed by atoms with E-state index in [9.17, 15) is 14.4 Å². The first kappa shape index (κ1) is 21.5. The molecule has 2 aromatic carbocycles. The predicted molar refractivity (Wildman–Crippen MR) is 120 cm³/mol. The number of aryl methyl sites for hydroxylation is 1. The van der Waals surface area contributed by atoms with Crippen LogP contribution in [0.1, 0.15) is 28.3 Å². The first-order valence-electron chi connectivity index (χ1n) is 10.1. The van der Waals surface area contributed by atoms with Gasteiger partial charge in [-0.25, -0.2) is 9.78 Å². The smallest absolute Gasteiger partial charge is 0.413 e. The fourth-order valence-corrected chi connectivity index (χ4v) is 4.50. The summed E-state index contributed by atoms with van der Waals surface area (Å²) in [5.41, 5.74) is 4.60. The van der Waals surface area contributed by atoms with E-state index in [2.05, 4.69) is 39.9 Å². The number of ether oxygens (including phenoxy) is 1. The Hall–Kier alpha value is -3.72. The Morgan fingerprint density at radius 3 is 2.34 bits per heavy atom. The number of hydrogen-bond acceptors (Lipinski definition) is 6. The number of anilines is 1. The molecule has 2 amide bonds. The van der Waals surface area contributed by atoms with Gasteiger partial charge in [0.15, 0.2) is 5.13 Å². The molecular formula is C23H21N3O5S. The molecule has 164 valence electrons. The lowest BCUT2D eigenvalue weighted by molar-refractivity contribution is -0.137. The number of hydrogen-bond donors (Lipinski definition) is 3. The molecule has 1 aromatic heterocycles. The summed E-state index contributed by atoms with van der Waals surface area (Å²) in [4.78, 5) is 39.3. The average Bonchev–Trinajstić information content (AvgIpc) is 3.37. The highest BCUT2D eigenvalue weighted by atomic mass is 32.1. The second kappa shape index (κ2) is 9.61. The fraction of sp³-hybridized carbons (Fsp3) is 0.217. The summed E-state index contributed by atoms with van der Waals surface area (Å²) in [6, 6.07) is 16.2. The third-order valence-corrected chi connectivity index (χ3v) is 6.11. The molecule has 1 aliphatic carbocycles. The molecule has 0 unspecified atom stereocenters. The maximum absolute atomic E-state index is 12.3. The van der Waals surface area contributed by atoms with E-state index in [1.54, 1.807) is 6.20 Å². The second-order valence-electron chi connectivity index (χ2n) is 7.25. The summed E-state index contributed by atoms with van der Waals surface area (Å²) in [5, 5.41) is 13.9. The molecule has 0 bridgehead atoms. The topological polar surface area (TPSA) is 118 Å². The number of amides is 2. The predicted octanol–water partition coefficient (Wildman–Crippen LogP) is 3.64. The molecule has 1 heterocycles. The Kier molecular flexibility index (Phi) is 6.46. The molecule has 32 heavy (non-hydrogen) atoms. The molecule has 9 heteroatoms. The van der Waals surface area contributed by atoms with Gasteiger partial charge in [-0.15, -0.1) is 11.3 Å². The van der Waals surface area contributed by atoms with Crippen LogP contribution < -0.4 is 10.6 Å². The number of aliphatic carboxylic acids is 1. The summed E-state index contributed by atoms with van der Waals surface area (Å²) in [7, 11) is 0. The van der Waals surface area contributed by atoms with Gasteiger partial charge >= 0.3 is 12.1 Å². The van der Waals surface area contributed by atoms with Crippen molar-refractivity contribution in [3.63, 3.8) is 0 Å². The van der Waals surface area contributed by atoms with E-state index in [4.69, 9.17) is 9.84 Å². The molecule has 0 fully saturated rings. The highest BCUT2D eigenvalue weighted by molar-refractivity contribution is 7.15. The van der Waals surface area contributed by atoms with Crippen LogP contribution in [0.2, 0.25) is 0 Å². The molecule has 8 nitrogen and oxygen atoms in total. The van der Waals surface area contributed by atoms with Crippen LogP contribution in [0, 0.1) is 0 Å². The summed E-state index contributed by atoms with van der Waals surface area (Å²) in [5.74, 6) is -1.47. The maximum Gasteiger partial charge on any atom is 0.413 e. The molecule has 1 aliphatic rings.